The van der Waals surface area contributed by atoms with Crippen molar-refractivity contribution in [2.75, 3.05) is 23.3 Å². The molecule has 0 saturated heterocycles. The van der Waals surface area contributed by atoms with Gasteiger partial charge in [-0.1, -0.05) is 0 Å². The Hall–Kier alpha value is -3.53. The van der Waals surface area contributed by atoms with Gasteiger partial charge in [0.2, 0.25) is 5.91 Å². The highest BCUT2D eigenvalue weighted by atomic mass is 32.2. The zero-order chi connectivity index (χ0) is 21.1. The fourth-order valence-corrected chi connectivity index (χ4v) is 3.98. The van der Waals surface area contributed by atoms with Gasteiger partial charge in [0, 0.05) is 29.8 Å². The number of imidazole rings is 1. The molecule has 1 unspecified atom stereocenters. The number of fused-ring (bicyclic) bond motifs is 1. The summed E-state index contributed by atoms with van der Waals surface area (Å²) >= 11 is 0. The number of carbonyl (C=O) groups excluding carboxylic acids is 1. The molecule has 0 bridgehead atoms. The summed E-state index contributed by atoms with van der Waals surface area (Å²) in [6, 6.07) is 10.4. The summed E-state index contributed by atoms with van der Waals surface area (Å²) < 4.78 is 40.4. The molecule has 1 atom stereocenters. The van der Waals surface area contributed by atoms with Crippen LogP contribution in [0.2, 0.25) is 0 Å². The minimum Gasteiger partial charge on any atom is -0.486 e. The van der Waals surface area contributed by atoms with Gasteiger partial charge >= 0.3 is 0 Å². The van der Waals surface area contributed by atoms with Crippen molar-refractivity contribution in [3.05, 3.63) is 61.2 Å². The predicted octanol–water partition coefficient (Wildman–Crippen LogP) is 2.65. The van der Waals surface area contributed by atoms with Gasteiger partial charge in [0.25, 0.3) is 10.0 Å². The van der Waals surface area contributed by atoms with Crippen molar-refractivity contribution in [1.82, 2.24) is 9.55 Å². The maximum absolute atomic E-state index is 12.7. The average Bonchev–Trinajstić information content (AvgIpc) is 3.29. The highest BCUT2D eigenvalue weighted by Gasteiger charge is 2.20. The summed E-state index contributed by atoms with van der Waals surface area (Å²) in [7, 11) is -3.81. The van der Waals surface area contributed by atoms with Crippen molar-refractivity contribution in [3.63, 3.8) is 0 Å². The van der Waals surface area contributed by atoms with E-state index in [1.165, 1.54) is 12.1 Å². The third-order valence-electron chi connectivity index (χ3n) is 4.58. The molecule has 2 heterocycles. The first-order chi connectivity index (χ1) is 14.4. The molecule has 0 fully saturated rings. The highest BCUT2D eigenvalue weighted by molar-refractivity contribution is 7.92. The van der Waals surface area contributed by atoms with E-state index in [0.29, 0.717) is 36.1 Å². The molecule has 0 radical (unpaired) electrons. The van der Waals surface area contributed by atoms with Crippen LogP contribution in [0.4, 0.5) is 11.4 Å². The number of nitrogens with one attached hydrogen (secondary N) is 2. The Kier molecular flexibility index (Phi) is 5.32. The third-order valence-corrected chi connectivity index (χ3v) is 5.96. The topological polar surface area (TPSA) is 112 Å². The van der Waals surface area contributed by atoms with Gasteiger partial charge in [0.05, 0.1) is 11.2 Å². The zero-order valence-electron chi connectivity index (χ0n) is 16.1. The van der Waals surface area contributed by atoms with Crippen molar-refractivity contribution in [2.24, 2.45) is 0 Å². The molecule has 4 rings (SSSR count). The zero-order valence-corrected chi connectivity index (χ0v) is 16.9. The molecular formula is C20H20N4O5S. The maximum atomic E-state index is 12.7. The molecule has 1 aliphatic rings. The number of ether oxygens (including phenoxy) is 2. The van der Waals surface area contributed by atoms with E-state index in [2.05, 4.69) is 15.0 Å². The second-order valence-corrected chi connectivity index (χ2v) is 8.35. The fraction of sp³-hybridized carbons (Fsp3) is 0.200. The van der Waals surface area contributed by atoms with Gasteiger partial charge in [0.15, 0.2) is 11.5 Å². The normalized spacial score (nSPS) is 14.0. The first-order valence-corrected chi connectivity index (χ1v) is 10.7. The summed E-state index contributed by atoms with van der Waals surface area (Å²) in [5, 5.41) is 2.79. The number of nitrogens with zero attached hydrogens (tertiary/aromatic N) is 2. The summed E-state index contributed by atoms with van der Waals surface area (Å²) in [6.45, 7) is 2.56. The minimum absolute atomic E-state index is 0.0679. The van der Waals surface area contributed by atoms with E-state index in [1.54, 1.807) is 60.5 Å². The number of amides is 1. The highest BCUT2D eigenvalue weighted by Crippen LogP contribution is 2.32. The van der Waals surface area contributed by atoms with Crippen molar-refractivity contribution < 1.29 is 22.7 Å². The molecule has 1 aliphatic heterocycles. The van der Waals surface area contributed by atoms with E-state index in [1.807, 2.05) is 0 Å². The Balaban J connectivity index is 1.43. The number of carbonyl (C=O) groups is 1. The molecule has 9 nitrogen and oxygen atoms in total. The van der Waals surface area contributed by atoms with Crippen LogP contribution in [0.5, 0.6) is 11.5 Å². The molecule has 2 N–H and O–H groups in total. The third kappa shape index (κ3) is 4.23. The SMILES string of the molecule is CC(C(=O)Nc1ccc(NS(=O)(=O)c2ccc3c(c2)OCCO3)cc1)n1ccnc1. The summed E-state index contributed by atoms with van der Waals surface area (Å²) in [5.41, 5.74) is 0.916. The predicted molar refractivity (Wildman–Crippen MR) is 110 cm³/mol. The lowest BCUT2D eigenvalue weighted by Crippen LogP contribution is -2.22. The van der Waals surface area contributed by atoms with E-state index < -0.39 is 16.1 Å². The van der Waals surface area contributed by atoms with Crippen molar-refractivity contribution in [2.45, 2.75) is 17.9 Å². The Bertz CT molecular complexity index is 1140. The van der Waals surface area contributed by atoms with Crippen LogP contribution in [0.15, 0.2) is 66.1 Å². The van der Waals surface area contributed by atoms with Gasteiger partial charge in [-0.05, 0) is 43.3 Å². The van der Waals surface area contributed by atoms with Crippen LogP contribution in [0.25, 0.3) is 0 Å². The first-order valence-electron chi connectivity index (χ1n) is 9.23. The number of aromatic nitrogens is 2. The minimum atomic E-state index is -3.81. The molecule has 1 aromatic heterocycles. The quantitative estimate of drug-likeness (QED) is 0.624. The van der Waals surface area contributed by atoms with Crippen LogP contribution >= 0.6 is 0 Å². The van der Waals surface area contributed by atoms with Crippen molar-refractivity contribution in [3.8, 4) is 11.5 Å². The average molecular weight is 428 g/mol. The standard InChI is InChI=1S/C20H20N4O5S/c1-14(24-9-8-21-13-24)20(25)22-15-2-4-16(5-3-15)23-30(26,27)17-6-7-18-19(12-17)29-11-10-28-18/h2-9,12-14,23H,10-11H2,1H3,(H,22,25). The Morgan fingerprint density at radius 2 is 1.77 bits per heavy atom. The van der Waals surface area contributed by atoms with Crippen LogP contribution in [0.1, 0.15) is 13.0 Å². The second-order valence-electron chi connectivity index (χ2n) is 6.66. The molecular weight excluding hydrogens is 408 g/mol. The molecule has 10 heteroatoms. The summed E-state index contributed by atoms with van der Waals surface area (Å²) in [5.74, 6) is 0.706. The number of sulfonamides is 1. The van der Waals surface area contributed by atoms with E-state index in [-0.39, 0.29) is 10.8 Å². The fourth-order valence-electron chi connectivity index (χ4n) is 2.91. The molecule has 30 heavy (non-hydrogen) atoms. The first kappa shape index (κ1) is 19.8. The van der Waals surface area contributed by atoms with Crippen LogP contribution in [-0.4, -0.2) is 37.1 Å². The van der Waals surface area contributed by atoms with Crippen LogP contribution in [0.3, 0.4) is 0 Å². The number of hydrogen-bond acceptors (Lipinski definition) is 6. The Labute approximate surface area is 173 Å². The van der Waals surface area contributed by atoms with Crippen molar-refractivity contribution in [1.29, 1.82) is 0 Å². The molecule has 1 amide bonds. The monoisotopic (exact) mass is 428 g/mol. The molecule has 0 spiro atoms. The van der Waals surface area contributed by atoms with Crippen LogP contribution in [-0.2, 0) is 14.8 Å². The van der Waals surface area contributed by atoms with Gasteiger partial charge in [-0.2, -0.15) is 0 Å². The molecule has 0 aliphatic carbocycles. The van der Waals surface area contributed by atoms with Crippen molar-refractivity contribution >= 4 is 27.3 Å². The summed E-state index contributed by atoms with van der Waals surface area (Å²) in [4.78, 5) is 16.3. The number of hydrogen-bond donors (Lipinski definition) is 2. The van der Waals surface area contributed by atoms with Gasteiger partial charge in [0.1, 0.15) is 19.3 Å². The van der Waals surface area contributed by atoms with E-state index in [9.17, 15) is 13.2 Å². The van der Waals surface area contributed by atoms with E-state index in [4.69, 9.17) is 9.47 Å². The molecule has 0 saturated carbocycles. The van der Waals surface area contributed by atoms with Gasteiger partial charge in [-0.25, -0.2) is 13.4 Å². The number of anilines is 2. The smallest absolute Gasteiger partial charge is 0.262 e. The van der Waals surface area contributed by atoms with Gasteiger partial charge in [-0.3, -0.25) is 9.52 Å². The summed E-state index contributed by atoms with van der Waals surface area (Å²) in [6.07, 6.45) is 4.88. The molecule has 156 valence electrons. The molecule has 3 aromatic rings. The van der Waals surface area contributed by atoms with Gasteiger partial charge < -0.3 is 19.4 Å². The van der Waals surface area contributed by atoms with Crippen LogP contribution < -0.4 is 19.5 Å². The van der Waals surface area contributed by atoms with E-state index >= 15 is 0 Å². The Morgan fingerprint density at radius 1 is 1.07 bits per heavy atom. The lowest BCUT2D eigenvalue weighted by atomic mass is 10.2. The largest absolute Gasteiger partial charge is 0.486 e. The van der Waals surface area contributed by atoms with E-state index in [0.717, 1.165) is 0 Å². The lowest BCUT2D eigenvalue weighted by molar-refractivity contribution is -0.118. The molecule has 2 aromatic carbocycles. The second kappa shape index (κ2) is 8.07. The Morgan fingerprint density at radius 3 is 2.47 bits per heavy atom. The number of benzene rings is 2. The van der Waals surface area contributed by atoms with Gasteiger partial charge in [-0.15, -0.1) is 0 Å². The number of rotatable bonds is 6. The maximum Gasteiger partial charge on any atom is 0.262 e. The van der Waals surface area contributed by atoms with Crippen LogP contribution in [0, 0.1) is 0 Å². The lowest BCUT2D eigenvalue weighted by Gasteiger charge is -2.19.